The summed E-state index contributed by atoms with van der Waals surface area (Å²) in [6.45, 7) is 0.529. The molecule has 2 aromatic heterocycles. The third kappa shape index (κ3) is 4.30. The standard InChI is InChI=1S/C22H17Cl2N5O/c23-18-9-16(10-19(24)20(18)25)27-22(30)17-13-29(12-14-5-2-1-3-6-14)28-21(17)15-7-4-8-26-11-15/h1-11,13H,12,25H2,(H,27,30). The van der Waals surface area contributed by atoms with Crippen LogP contribution in [0.2, 0.25) is 10.0 Å². The van der Waals surface area contributed by atoms with Crippen LogP contribution in [0.3, 0.4) is 0 Å². The minimum Gasteiger partial charge on any atom is -0.396 e. The highest BCUT2D eigenvalue weighted by Crippen LogP contribution is 2.31. The van der Waals surface area contributed by atoms with Gasteiger partial charge in [0.1, 0.15) is 5.69 Å². The normalized spacial score (nSPS) is 10.7. The third-order valence-corrected chi connectivity index (χ3v) is 5.09. The summed E-state index contributed by atoms with van der Waals surface area (Å²) in [6.07, 6.45) is 5.05. The molecule has 0 spiro atoms. The molecule has 0 atom stereocenters. The van der Waals surface area contributed by atoms with Gasteiger partial charge in [-0.1, -0.05) is 53.5 Å². The molecule has 0 bridgehead atoms. The topological polar surface area (TPSA) is 85.8 Å². The highest BCUT2D eigenvalue weighted by Gasteiger charge is 2.19. The first kappa shape index (κ1) is 19.9. The first-order valence-electron chi connectivity index (χ1n) is 9.09. The molecule has 2 aromatic carbocycles. The lowest BCUT2D eigenvalue weighted by Gasteiger charge is -2.08. The summed E-state index contributed by atoms with van der Waals surface area (Å²) in [5.74, 6) is -0.343. The number of rotatable bonds is 5. The second-order valence-corrected chi connectivity index (χ2v) is 7.44. The Morgan fingerprint density at radius 3 is 2.47 bits per heavy atom. The van der Waals surface area contributed by atoms with Gasteiger partial charge in [-0.3, -0.25) is 14.5 Å². The Morgan fingerprint density at radius 1 is 1.07 bits per heavy atom. The van der Waals surface area contributed by atoms with Gasteiger partial charge in [-0.2, -0.15) is 5.10 Å². The molecular weight excluding hydrogens is 421 g/mol. The number of nitrogen functional groups attached to an aromatic ring is 1. The number of amides is 1. The van der Waals surface area contributed by atoms with E-state index in [1.165, 1.54) is 0 Å². The summed E-state index contributed by atoms with van der Waals surface area (Å²) in [5, 5.41) is 7.99. The number of pyridine rings is 1. The average molecular weight is 438 g/mol. The molecule has 0 saturated carbocycles. The van der Waals surface area contributed by atoms with Crippen molar-refractivity contribution in [3.8, 4) is 11.3 Å². The van der Waals surface area contributed by atoms with Crippen molar-refractivity contribution >= 4 is 40.5 Å². The van der Waals surface area contributed by atoms with Gasteiger partial charge in [0.25, 0.3) is 5.91 Å². The summed E-state index contributed by atoms with van der Waals surface area (Å²) in [4.78, 5) is 17.2. The van der Waals surface area contributed by atoms with Gasteiger partial charge >= 0.3 is 0 Å². The van der Waals surface area contributed by atoms with Crippen molar-refractivity contribution in [1.82, 2.24) is 14.8 Å². The van der Waals surface area contributed by atoms with E-state index in [0.717, 1.165) is 11.1 Å². The molecular formula is C22H17Cl2N5O. The summed E-state index contributed by atoms with van der Waals surface area (Å²) < 4.78 is 1.73. The number of carbonyl (C=O) groups excluding carboxylic acids is 1. The minimum atomic E-state index is -0.343. The highest BCUT2D eigenvalue weighted by atomic mass is 35.5. The summed E-state index contributed by atoms with van der Waals surface area (Å²) in [5.41, 5.74) is 9.23. The molecule has 1 amide bonds. The summed E-state index contributed by atoms with van der Waals surface area (Å²) >= 11 is 12.2. The van der Waals surface area contributed by atoms with E-state index in [4.69, 9.17) is 28.9 Å². The van der Waals surface area contributed by atoms with Crippen LogP contribution in [0.4, 0.5) is 11.4 Å². The smallest absolute Gasteiger partial charge is 0.259 e. The van der Waals surface area contributed by atoms with Gasteiger partial charge in [-0.05, 0) is 29.8 Å². The van der Waals surface area contributed by atoms with Gasteiger partial charge in [0.2, 0.25) is 0 Å². The molecule has 8 heteroatoms. The Hall–Kier alpha value is -3.35. The second kappa shape index (κ2) is 8.57. The van der Waals surface area contributed by atoms with Crippen LogP contribution in [0, 0.1) is 0 Å². The second-order valence-electron chi connectivity index (χ2n) is 6.62. The number of carbonyl (C=O) groups is 1. The lowest BCUT2D eigenvalue weighted by atomic mass is 10.1. The van der Waals surface area contributed by atoms with Crippen molar-refractivity contribution in [2.45, 2.75) is 6.54 Å². The van der Waals surface area contributed by atoms with E-state index in [-0.39, 0.29) is 21.6 Å². The molecule has 0 aliphatic rings. The molecule has 0 saturated heterocycles. The van der Waals surface area contributed by atoms with Crippen LogP contribution in [0.5, 0.6) is 0 Å². The lowest BCUT2D eigenvalue weighted by Crippen LogP contribution is -2.12. The Balaban J connectivity index is 1.69. The van der Waals surface area contributed by atoms with Crippen LogP contribution in [-0.4, -0.2) is 20.7 Å². The molecule has 0 fully saturated rings. The van der Waals surface area contributed by atoms with E-state index in [9.17, 15) is 4.79 Å². The number of hydrogen-bond donors (Lipinski definition) is 2. The number of hydrogen-bond acceptors (Lipinski definition) is 4. The molecule has 6 nitrogen and oxygen atoms in total. The van der Waals surface area contributed by atoms with E-state index >= 15 is 0 Å². The monoisotopic (exact) mass is 437 g/mol. The first-order chi connectivity index (χ1) is 14.5. The number of anilines is 2. The number of nitrogens with two attached hydrogens (primary N) is 1. The van der Waals surface area contributed by atoms with Crippen molar-refractivity contribution in [3.05, 3.63) is 94.4 Å². The van der Waals surface area contributed by atoms with Gasteiger partial charge < -0.3 is 11.1 Å². The molecule has 3 N–H and O–H groups in total. The van der Waals surface area contributed by atoms with Crippen molar-refractivity contribution in [1.29, 1.82) is 0 Å². The zero-order valence-electron chi connectivity index (χ0n) is 15.7. The van der Waals surface area contributed by atoms with Crippen molar-refractivity contribution in [2.75, 3.05) is 11.1 Å². The molecule has 0 unspecified atom stereocenters. The molecule has 2 heterocycles. The number of nitrogens with zero attached hydrogens (tertiary/aromatic N) is 3. The number of aromatic nitrogens is 3. The van der Waals surface area contributed by atoms with Gasteiger partial charge in [0.15, 0.2) is 0 Å². The van der Waals surface area contributed by atoms with Crippen molar-refractivity contribution in [2.24, 2.45) is 0 Å². The van der Waals surface area contributed by atoms with Crippen LogP contribution < -0.4 is 11.1 Å². The maximum atomic E-state index is 13.1. The third-order valence-electron chi connectivity index (χ3n) is 4.47. The van der Waals surface area contributed by atoms with E-state index in [2.05, 4.69) is 15.4 Å². The Labute approximate surface area is 183 Å². The SMILES string of the molecule is Nc1c(Cl)cc(NC(=O)c2cn(Cc3ccccc3)nc2-c2cccnc2)cc1Cl. The van der Waals surface area contributed by atoms with E-state index in [0.29, 0.717) is 23.5 Å². The first-order valence-corrected chi connectivity index (χ1v) is 9.84. The van der Waals surface area contributed by atoms with Gasteiger partial charge in [-0.25, -0.2) is 0 Å². The molecule has 30 heavy (non-hydrogen) atoms. The summed E-state index contributed by atoms with van der Waals surface area (Å²) in [7, 11) is 0. The fourth-order valence-corrected chi connectivity index (χ4v) is 3.50. The molecule has 4 rings (SSSR count). The van der Waals surface area contributed by atoms with Crippen LogP contribution in [0.15, 0.2) is 73.2 Å². The number of benzene rings is 2. The van der Waals surface area contributed by atoms with E-state index in [1.807, 2.05) is 36.4 Å². The Bertz CT molecular complexity index is 1170. The molecule has 150 valence electrons. The Kier molecular flexibility index (Phi) is 5.70. The van der Waals surface area contributed by atoms with Crippen molar-refractivity contribution < 1.29 is 4.79 Å². The van der Waals surface area contributed by atoms with Gasteiger partial charge in [0, 0.05) is 29.8 Å². The minimum absolute atomic E-state index is 0.267. The average Bonchev–Trinajstić information content (AvgIpc) is 3.17. The molecule has 0 aliphatic heterocycles. The number of nitrogens with one attached hydrogen (secondary N) is 1. The van der Waals surface area contributed by atoms with Gasteiger partial charge in [-0.15, -0.1) is 0 Å². The van der Waals surface area contributed by atoms with Crippen LogP contribution in [0.1, 0.15) is 15.9 Å². The van der Waals surface area contributed by atoms with E-state index in [1.54, 1.807) is 41.5 Å². The largest absolute Gasteiger partial charge is 0.396 e. The molecule has 4 aromatic rings. The molecule has 0 aliphatic carbocycles. The van der Waals surface area contributed by atoms with Crippen molar-refractivity contribution in [3.63, 3.8) is 0 Å². The fraction of sp³-hybridized carbons (Fsp3) is 0.0455. The maximum Gasteiger partial charge on any atom is 0.259 e. The van der Waals surface area contributed by atoms with Crippen LogP contribution in [-0.2, 0) is 6.54 Å². The predicted molar refractivity (Wildman–Crippen MR) is 120 cm³/mol. The van der Waals surface area contributed by atoms with Gasteiger partial charge in [0.05, 0.1) is 27.8 Å². The van der Waals surface area contributed by atoms with Crippen LogP contribution in [0.25, 0.3) is 11.3 Å². The lowest BCUT2D eigenvalue weighted by molar-refractivity contribution is 0.102. The van der Waals surface area contributed by atoms with E-state index < -0.39 is 0 Å². The zero-order valence-corrected chi connectivity index (χ0v) is 17.2. The fourth-order valence-electron chi connectivity index (χ4n) is 3.01. The summed E-state index contributed by atoms with van der Waals surface area (Å²) in [6, 6.07) is 16.6. The zero-order chi connectivity index (χ0) is 21.1. The predicted octanol–water partition coefficient (Wildman–Crippen LogP) is 5.13. The maximum absolute atomic E-state index is 13.1. The van der Waals surface area contributed by atoms with Crippen LogP contribution >= 0.6 is 23.2 Å². The highest BCUT2D eigenvalue weighted by molar-refractivity contribution is 6.39. The quantitative estimate of drug-likeness (QED) is 0.423. The number of halogens is 2. The Morgan fingerprint density at radius 2 is 1.80 bits per heavy atom. The molecule has 0 radical (unpaired) electrons.